The van der Waals surface area contributed by atoms with Gasteiger partial charge in [-0.1, -0.05) is 11.6 Å². The maximum Gasteiger partial charge on any atom is 0.327 e. The third kappa shape index (κ3) is 2.06. The minimum Gasteiger partial charge on any atom is -0.334 e. The number of aldehydes is 1. The van der Waals surface area contributed by atoms with Crippen LogP contribution in [0.2, 0.25) is 5.15 Å². The van der Waals surface area contributed by atoms with Gasteiger partial charge in [0.05, 0.1) is 6.20 Å². The fourth-order valence-electron chi connectivity index (χ4n) is 1.62. The molecular weight excluding hydrogens is 237 g/mol. The van der Waals surface area contributed by atoms with Crippen LogP contribution >= 0.6 is 11.6 Å². The van der Waals surface area contributed by atoms with Gasteiger partial charge in [-0.25, -0.2) is 14.2 Å². The molecule has 1 amide bonds. The van der Waals surface area contributed by atoms with E-state index in [1.54, 1.807) is 0 Å². The number of imidazole rings is 1. The first-order valence-corrected chi connectivity index (χ1v) is 5.06. The van der Waals surface area contributed by atoms with Gasteiger partial charge in [0.25, 0.3) is 0 Å². The van der Waals surface area contributed by atoms with Crippen molar-refractivity contribution in [2.24, 2.45) is 0 Å². The Hall–Kier alpha value is -1.43. The van der Waals surface area contributed by atoms with Crippen LogP contribution in [0.15, 0.2) is 12.5 Å². The molecule has 1 aliphatic rings. The minimum atomic E-state index is -1.77. The van der Waals surface area contributed by atoms with Crippen molar-refractivity contribution in [3.8, 4) is 0 Å². The lowest BCUT2D eigenvalue weighted by Crippen LogP contribution is -2.54. The zero-order valence-electron chi connectivity index (χ0n) is 8.19. The van der Waals surface area contributed by atoms with Crippen LogP contribution in [0, 0.1) is 0 Å². The van der Waals surface area contributed by atoms with E-state index in [2.05, 4.69) is 10.3 Å². The van der Waals surface area contributed by atoms with Crippen molar-refractivity contribution in [2.45, 2.75) is 24.6 Å². The number of aromatic nitrogens is 2. The highest BCUT2D eigenvalue weighted by Crippen LogP contribution is 2.34. The Kier molecular flexibility index (Phi) is 2.67. The molecular formula is C9H9ClFN3O2. The molecule has 0 spiro atoms. The molecule has 1 heterocycles. The van der Waals surface area contributed by atoms with Gasteiger partial charge in [0, 0.05) is 18.9 Å². The third-order valence-electron chi connectivity index (χ3n) is 2.50. The molecule has 0 saturated heterocycles. The number of rotatable bonds is 2. The van der Waals surface area contributed by atoms with Gasteiger partial charge in [-0.15, -0.1) is 0 Å². The Balaban J connectivity index is 1.88. The molecule has 1 aromatic rings. The predicted molar refractivity (Wildman–Crippen MR) is 54.1 cm³/mol. The molecule has 16 heavy (non-hydrogen) atoms. The summed E-state index contributed by atoms with van der Waals surface area (Å²) in [4.78, 5) is 25.5. The summed E-state index contributed by atoms with van der Waals surface area (Å²) in [6.45, 7) is 0. The Morgan fingerprint density at radius 2 is 2.44 bits per heavy atom. The number of alkyl halides is 1. The van der Waals surface area contributed by atoms with Crippen molar-refractivity contribution in [1.29, 1.82) is 0 Å². The Morgan fingerprint density at radius 3 is 2.94 bits per heavy atom. The van der Waals surface area contributed by atoms with Crippen LogP contribution in [-0.4, -0.2) is 33.6 Å². The van der Waals surface area contributed by atoms with E-state index in [1.165, 1.54) is 17.1 Å². The fraction of sp³-hybridized carbons (Fsp3) is 0.444. The van der Waals surface area contributed by atoms with Crippen molar-refractivity contribution in [1.82, 2.24) is 14.9 Å². The summed E-state index contributed by atoms with van der Waals surface area (Å²) in [6, 6.07) is -0.749. The summed E-state index contributed by atoms with van der Waals surface area (Å²) in [6.07, 6.45) is 2.93. The topological polar surface area (TPSA) is 64.0 Å². The van der Waals surface area contributed by atoms with Crippen LogP contribution in [0.25, 0.3) is 0 Å². The molecule has 86 valence electrons. The normalized spacial score (nSPS) is 28.2. The second-order valence-electron chi connectivity index (χ2n) is 3.81. The highest BCUT2D eigenvalue weighted by Gasteiger charge is 2.45. The minimum absolute atomic E-state index is 0.0185. The standard InChI is InChI=1S/C9H9ClFN3O2/c10-7-3-14(5-12-7)8(16)13-6-1-9(11,2-6)4-15/h3-6H,1-2H2,(H,13,16). The van der Waals surface area contributed by atoms with Gasteiger partial charge in [0.2, 0.25) is 0 Å². The molecule has 1 aromatic heterocycles. The first-order valence-electron chi connectivity index (χ1n) is 4.68. The van der Waals surface area contributed by atoms with Crippen molar-refractivity contribution in [3.63, 3.8) is 0 Å². The van der Waals surface area contributed by atoms with Crippen LogP contribution in [0.1, 0.15) is 12.8 Å². The van der Waals surface area contributed by atoms with Crippen LogP contribution in [0.4, 0.5) is 9.18 Å². The second-order valence-corrected chi connectivity index (χ2v) is 4.20. The molecule has 7 heteroatoms. The quantitative estimate of drug-likeness (QED) is 0.796. The highest BCUT2D eigenvalue weighted by atomic mass is 35.5. The fourth-order valence-corrected chi connectivity index (χ4v) is 1.77. The molecule has 1 saturated carbocycles. The lowest BCUT2D eigenvalue weighted by atomic mass is 9.78. The number of amides is 1. The predicted octanol–water partition coefficient (Wildman–Crippen LogP) is 1.16. The smallest absolute Gasteiger partial charge is 0.327 e. The van der Waals surface area contributed by atoms with Gasteiger partial charge in [-0.3, -0.25) is 9.36 Å². The lowest BCUT2D eigenvalue weighted by molar-refractivity contribution is -0.124. The van der Waals surface area contributed by atoms with Crippen LogP contribution in [0.5, 0.6) is 0 Å². The number of carbonyl (C=O) groups excluding carboxylic acids is 2. The van der Waals surface area contributed by atoms with Gasteiger partial charge in [-0.2, -0.15) is 0 Å². The molecule has 0 radical (unpaired) electrons. The third-order valence-corrected chi connectivity index (χ3v) is 2.69. The van der Waals surface area contributed by atoms with E-state index in [9.17, 15) is 14.0 Å². The second kappa shape index (κ2) is 3.86. The van der Waals surface area contributed by atoms with E-state index in [0.29, 0.717) is 0 Å². The van der Waals surface area contributed by atoms with Gasteiger partial charge < -0.3 is 5.32 Å². The summed E-state index contributed by atoms with van der Waals surface area (Å²) in [5.74, 6) is 0. The van der Waals surface area contributed by atoms with Gasteiger partial charge in [0.1, 0.15) is 11.5 Å². The first kappa shape index (κ1) is 11.1. The van der Waals surface area contributed by atoms with E-state index < -0.39 is 11.7 Å². The van der Waals surface area contributed by atoms with Crippen molar-refractivity contribution in [3.05, 3.63) is 17.7 Å². The van der Waals surface area contributed by atoms with Crippen LogP contribution in [-0.2, 0) is 4.79 Å². The average molecular weight is 246 g/mol. The summed E-state index contributed by atoms with van der Waals surface area (Å²) >= 11 is 5.54. The van der Waals surface area contributed by atoms with E-state index in [0.717, 1.165) is 0 Å². The highest BCUT2D eigenvalue weighted by molar-refractivity contribution is 6.29. The number of hydrogen-bond donors (Lipinski definition) is 1. The molecule has 1 fully saturated rings. The average Bonchev–Trinajstić information content (AvgIpc) is 2.62. The molecule has 0 bridgehead atoms. The van der Waals surface area contributed by atoms with E-state index in [-0.39, 0.29) is 30.3 Å². The van der Waals surface area contributed by atoms with Crippen molar-refractivity contribution in [2.75, 3.05) is 0 Å². The molecule has 0 aromatic carbocycles. The number of carbonyl (C=O) groups is 2. The number of hydrogen-bond acceptors (Lipinski definition) is 3. The number of halogens is 2. The zero-order chi connectivity index (χ0) is 11.8. The molecule has 0 aliphatic heterocycles. The first-order chi connectivity index (χ1) is 7.52. The lowest BCUT2D eigenvalue weighted by Gasteiger charge is -2.37. The van der Waals surface area contributed by atoms with E-state index in [4.69, 9.17) is 11.6 Å². The Morgan fingerprint density at radius 1 is 1.75 bits per heavy atom. The molecule has 0 unspecified atom stereocenters. The van der Waals surface area contributed by atoms with E-state index in [1.807, 2.05) is 0 Å². The maximum absolute atomic E-state index is 13.2. The van der Waals surface area contributed by atoms with Gasteiger partial charge in [-0.05, 0) is 0 Å². The Labute approximate surface area is 95.6 Å². The van der Waals surface area contributed by atoms with Crippen molar-refractivity contribution < 1.29 is 14.0 Å². The summed E-state index contributed by atoms with van der Waals surface area (Å²) in [5.41, 5.74) is -1.77. The van der Waals surface area contributed by atoms with Gasteiger partial charge >= 0.3 is 6.03 Å². The molecule has 0 atom stereocenters. The zero-order valence-corrected chi connectivity index (χ0v) is 8.95. The molecule has 5 nitrogen and oxygen atoms in total. The summed E-state index contributed by atoms with van der Waals surface area (Å²) in [7, 11) is 0. The molecule has 1 N–H and O–H groups in total. The Bertz CT molecular complexity index is 428. The molecule has 2 rings (SSSR count). The molecule has 1 aliphatic carbocycles. The summed E-state index contributed by atoms with van der Waals surface area (Å²) < 4.78 is 14.4. The summed E-state index contributed by atoms with van der Waals surface area (Å²) in [5, 5.41) is 2.77. The van der Waals surface area contributed by atoms with Gasteiger partial charge in [0.15, 0.2) is 12.0 Å². The van der Waals surface area contributed by atoms with Crippen LogP contribution < -0.4 is 5.32 Å². The van der Waals surface area contributed by atoms with Crippen LogP contribution in [0.3, 0.4) is 0 Å². The monoisotopic (exact) mass is 245 g/mol. The maximum atomic E-state index is 13.2. The number of nitrogens with one attached hydrogen (secondary N) is 1. The van der Waals surface area contributed by atoms with E-state index >= 15 is 0 Å². The van der Waals surface area contributed by atoms with Crippen molar-refractivity contribution >= 4 is 23.9 Å². The largest absolute Gasteiger partial charge is 0.334 e. The SMILES string of the molecule is O=CC1(F)CC(NC(=O)n2cnc(Cl)c2)C1. The number of nitrogens with zero attached hydrogens (tertiary/aromatic N) is 2.